The van der Waals surface area contributed by atoms with Crippen LogP contribution in [0.3, 0.4) is 0 Å². The van der Waals surface area contributed by atoms with Crippen LogP contribution in [0.25, 0.3) is 0 Å². The fourth-order valence-electron chi connectivity index (χ4n) is 1.64. The lowest BCUT2D eigenvalue weighted by atomic mass is 10.2. The SMILES string of the molecule is Cc1cc(Br)ccc1NC(=O)Cn1cc([N+](=O)[O-])cn1. The van der Waals surface area contributed by atoms with Gasteiger partial charge in [-0.3, -0.25) is 19.6 Å². The Kier molecular flexibility index (Phi) is 4.14. The molecule has 1 heterocycles. The zero-order chi connectivity index (χ0) is 14.7. The number of halogens is 1. The van der Waals surface area contributed by atoms with E-state index in [9.17, 15) is 14.9 Å². The normalized spacial score (nSPS) is 10.3. The quantitative estimate of drug-likeness (QED) is 0.684. The largest absolute Gasteiger partial charge is 0.324 e. The van der Waals surface area contributed by atoms with Gasteiger partial charge in [0.2, 0.25) is 5.91 Å². The molecule has 104 valence electrons. The lowest BCUT2D eigenvalue weighted by molar-refractivity contribution is -0.385. The lowest BCUT2D eigenvalue weighted by Gasteiger charge is -2.08. The molecule has 1 aromatic carbocycles. The molecule has 0 fully saturated rings. The summed E-state index contributed by atoms with van der Waals surface area (Å²) < 4.78 is 2.15. The van der Waals surface area contributed by atoms with E-state index in [1.165, 1.54) is 10.9 Å². The third kappa shape index (κ3) is 3.41. The predicted molar refractivity (Wildman–Crippen MR) is 76.4 cm³/mol. The third-order valence-electron chi connectivity index (χ3n) is 2.60. The Bertz CT molecular complexity index is 668. The Hall–Kier alpha value is -2.22. The fourth-order valence-corrected chi connectivity index (χ4v) is 2.11. The van der Waals surface area contributed by atoms with E-state index < -0.39 is 4.92 Å². The summed E-state index contributed by atoms with van der Waals surface area (Å²) in [6.07, 6.45) is 2.33. The first kappa shape index (κ1) is 14.2. The second-order valence-corrected chi connectivity index (χ2v) is 5.08. The number of aromatic nitrogens is 2. The molecule has 1 N–H and O–H groups in total. The number of anilines is 1. The maximum atomic E-state index is 11.8. The molecule has 20 heavy (non-hydrogen) atoms. The van der Waals surface area contributed by atoms with Gasteiger partial charge in [0.15, 0.2) is 0 Å². The number of carbonyl (C=O) groups is 1. The van der Waals surface area contributed by atoms with Gasteiger partial charge in [0.05, 0.1) is 4.92 Å². The van der Waals surface area contributed by atoms with Crippen molar-refractivity contribution in [2.24, 2.45) is 0 Å². The molecule has 0 radical (unpaired) electrons. The van der Waals surface area contributed by atoms with Gasteiger partial charge in [-0.15, -0.1) is 0 Å². The molecule has 2 rings (SSSR count). The number of hydrogen-bond acceptors (Lipinski definition) is 4. The molecule has 8 heteroatoms. The Labute approximate surface area is 122 Å². The molecule has 0 aliphatic carbocycles. The summed E-state index contributed by atoms with van der Waals surface area (Å²) >= 11 is 3.34. The minimum atomic E-state index is -0.555. The van der Waals surface area contributed by atoms with Gasteiger partial charge in [0, 0.05) is 10.2 Å². The number of amides is 1. The van der Waals surface area contributed by atoms with Crippen molar-refractivity contribution in [2.45, 2.75) is 13.5 Å². The number of nitrogens with zero attached hydrogens (tertiary/aromatic N) is 3. The third-order valence-corrected chi connectivity index (χ3v) is 3.09. The van der Waals surface area contributed by atoms with Gasteiger partial charge < -0.3 is 5.32 Å². The second kappa shape index (κ2) is 5.83. The summed E-state index contributed by atoms with van der Waals surface area (Å²) in [7, 11) is 0. The van der Waals surface area contributed by atoms with Crippen molar-refractivity contribution in [3.8, 4) is 0 Å². The maximum Gasteiger partial charge on any atom is 0.307 e. The Balaban J connectivity index is 2.03. The summed E-state index contributed by atoms with van der Waals surface area (Å²) in [5.74, 6) is -0.298. The van der Waals surface area contributed by atoms with Crippen molar-refractivity contribution in [1.82, 2.24) is 9.78 Å². The Morgan fingerprint density at radius 3 is 2.90 bits per heavy atom. The minimum absolute atomic E-state index is 0.0800. The number of benzene rings is 1. The van der Waals surface area contributed by atoms with E-state index >= 15 is 0 Å². The predicted octanol–water partition coefficient (Wildman–Crippen LogP) is 2.50. The van der Waals surface area contributed by atoms with Crippen molar-refractivity contribution >= 4 is 33.2 Å². The smallest absolute Gasteiger partial charge is 0.307 e. The Morgan fingerprint density at radius 2 is 2.30 bits per heavy atom. The maximum absolute atomic E-state index is 11.8. The Morgan fingerprint density at radius 1 is 1.55 bits per heavy atom. The zero-order valence-corrected chi connectivity index (χ0v) is 12.1. The topological polar surface area (TPSA) is 90.1 Å². The monoisotopic (exact) mass is 338 g/mol. The van der Waals surface area contributed by atoms with E-state index in [1.807, 2.05) is 19.1 Å². The highest BCUT2D eigenvalue weighted by molar-refractivity contribution is 9.10. The van der Waals surface area contributed by atoms with E-state index in [0.717, 1.165) is 16.2 Å². The van der Waals surface area contributed by atoms with Gasteiger partial charge in [-0.2, -0.15) is 5.10 Å². The number of nitrogens with one attached hydrogen (secondary N) is 1. The van der Waals surface area contributed by atoms with Crippen molar-refractivity contribution in [3.05, 3.63) is 50.7 Å². The van der Waals surface area contributed by atoms with Gasteiger partial charge in [-0.05, 0) is 30.7 Å². The van der Waals surface area contributed by atoms with E-state index in [4.69, 9.17) is 0 Å². The molecule has 0 aliphatic rings. The van der Waals surface area contributed by atoms with Crippen LogP contribution >= 0.6 is 15.9 Å². The minimum Gasteiger partial charge on any atom is -0.324 e. The van der Waals surface area contributed by atoms with Crippen LogP contribution in [0, 0.1) is 17.0 Å². The first-order valence-corrected chi connectivity index (χ1v) is 6.48. The molecule has 0 aliphatic heterocycles. The molecule has 0 unspecified atom stereocenters. The van der Waals surface area contributed by atoms with Crippen LogP contribution in [0.4, 0.5) is 11.4 Å². The van der Waals surface area contributed by atoms with Crippen LogP contribution in [-0.2, 0) is 11.3 Å². The molecular formula is C12H11BrN4O3. The summed E-state index contributed by atoms with van der Waals surface area (Å²) in [6.45, 7) is 1.79. The van der Waals surface area contributed by atoms with E-state index in [0.29, 0.717) is 5.69 Å². The molecule has 7 nitrogen and oxygen atoms in total. The summed E-state index contributed by atoms with van der Waals surface area (Å²) in [4.78, 5) is 21.8. The highest BCUT2D eigenvalue weighted by Gasteiger charge is 2.11. The number of nitro groups is 1. The standard InChI is InChI=1S/C12H11BrN4O3/c1-8-4-9(13)2-3-11(8)15-12(18)7-16-6-10(5-14-16)17(19)20/h2-6H,7H2,1H3,(H,15,18). The van der Waals surface area contributed by atoms with Crippen LogP contribution in [0.15, 0.2) is 35.1 Å². The van der Waals surface area contributed by atoms with Crippen LogP contribution < -0.4 is 5.32 Å². The highest BCUT2D eigenvalue weighted by Crippen LogP contribution is 2.20. The molecule has 0 bridgehead atoms. The average molecular weight is 339 g/mol. The zero-order valence-electron chi connectivity index (χ0n) is 10.5. The highest BCUT2D eigenvalue weighted by atomic mass is 79.9. The average Bonchev–Trinajstić information content (AvgIpc) is 2.81. The summed E-state index contributed by atoms with van der Waals surface area (Å²) in [6, 6.07) is 5.48. The van der Waals surface area contributed by atoms with Crippen LogP contribution in [0.5, 0.6) is 0 Å². The molecule has 0 atom stereocenters. The van der Waals surface area contributed by atoms with Gasteiger partial charge >= 0.3 is 5.69 Å². The molecular weight excluding hydrogens is 328 g/mol. The molecule has 0 saturated carbocycles. The molecule has 2 aromatic rings. The van der Waals surface area contributed by atoms with Gasteiger partial charge in [-0.25, -0.2) is 0 Å². The van der Waals surface area contributed by atoms with Crippen LogP contribution in [0.1, 0.15) is 5.56 Å². The van der Waals surface area contributed by atoms with Crippen molar-refractivity contribution in [1.29, 1.82) is 0 Å². The van der Waals surface area contributed by atoms with E-state index in [-0.39, 0.29) is 18.1 Å². The van der Waals surface area contributed by atoms with Gasteiger partial charge in [0.1, 0.15) is 18.9 Å². The van der Waals surface area contributed by atoms with Gasteiger partial charge in [-0.1, -0.05) is 15.9 Å². The molecule has 0 spiro atoms. The van der Waals surface area contributed by atoms with Crippen molar-refractivity contribution in [3.63, 3.8) is 0 Å². The summed E-state index contributed by atoms with van der Waals surface area (Å²) in [5.41, 5.74) is 1.47. The molecule has 1 aromatic heterocycles. The number of hydrogen-bond donors (Lipinski definition) is 1. The summed E-state index contributed by atoms with van der Waals surface area (Å²) in [5, 5.41) is 17.0. The van der Waals surface area contributed by atoms with Crippen molar-refractivity contribution < 1.29 is 9.72 Å². The van der Waals surface area contributed by atoms with E-state index in [2.05, 4.69) is 26.3 Å². The fraction of sp³-hybridized carbons (Fsp3) is 0.167. The number of aryl methyl sites for hydroxylation is 1. The van der Waals surface area contributed by atoms with Crippen LogP contribution in [-0.4, -0.2) is 20.6 Å². The molecule has 0 saturated heterocycles. The first-order valence-electron chi connectivity index (χ1n) is 5.68. The first-order chi connectivity index (χ1) is 9.45. The number of carbonyl (C=O) groups excluding carboxylic acids is 1. The van der Waals surface area contributed by atoms with Gasteiger partial charge in [0.25, 0.3) is 0 Å². The van der Waals surface area contributed by atoms with E-state index in [1.54, 1.807) is 6.07 Å². The molecule has 1 amide bonds. The van der Waals surface area contributed by atoms with Crippen molar-refractivity contribution in [2.75, 3.05) is 5.32 Å². The lowest BCUT2D eigenvalue weighted by Crippen LogP contribution is -2.19. The second-order valence-electron chi connectivity index (χ2n) is 4.16. The number of rotatable bonds is 4. The van der Waals surface area contributed by atoms with Crippen LogP contribution in [0.2, 0.25) is 0 Å².